The van der Waals surface area contributed by atoms with Crippen molar-refractivity contribution in [1.82, 2.24) is 9.97 Å². The molecule has 0 saturated carbocycles. The lowest BCUT2D eigenvalue weighted by Gasteiger charge is -2.12. The average Bonchev–Trinajstić information content (AvgIpc) is 3.18. The van der Waals surface area contributed by atoms with Crippen LogP contribution in [0.5, 0.6) is 0 Å². The van der Waals surface area contributed by atoms with Gasteiger partial charge in [-0.2, -0.15) is 0 Å². The summed E-state index contributed by atoms with van der Waals surface area (Å²) in [5, 5.41) is 0. The normalized spacial score (nSPS) is 11.2. The number of nitrogens with zero attached hydrogens (tertiary/aromatic N) is 1. The second kappa shape index (κ2) is 6.00. The molecule has 0 aliphatic rings. The highest BCUT2D eigenvalue weighted by atomic mass is 16.3. The summed E-state index contributed by atoms with van der Waals surface area (Å²) in [7, 11) is 0. The number of H-pyrrole nitrogens is 1. The molecule has 3 nitrogen and oxygen atoms in total. The summed E-state index contributed by atoms with van der Waals surface area (Å²) in [5.41, 5.74) is 3.83. The first kappa shape index (κ1) is 13.7. The molecule has 0 amide bonds. The van der Waals surface area contributed by atoms with Crippen molar-refractivity contribution in [3.05, 3.63) is 65.9 Å². The van der Waals surface area contributed by atoms with E-state index in [1.165, 1.54) is 16.7 Å². The fraction of sp³-hybridized carbons (Fsp3) is 0.278. The number of benzene rings is 1. The number of nitrogens with one attached hydrogen (secondary N) is 1. The number of furan rings is 1. The van der Waals surface area contributed by atoms with Crippen LogP contribution in [0.4, 0.5) is 0 Å². The molecule has 3 rings (SSSR count). The Morgan fingerprint density at radius 3 is 2.76 bits per heavy atom. The van der Waals surface area contributed by atoms with Gasteiger partial charge in [-0.05, 0) is 41.7 Å². The molecule has 2 aromatic heterocycles. The predicted molar refractivity (Wildman–Crippen MR) is 84.2 cm³/mol. The maximum Gasteiger partial charge on any atom is 0.134 e. The van der Waals surface area contributed by atoms with Crippen LogP contribution in [0.25, 0.3) is 11.3 Å². The van der Waals surface area contributed by atoms with Gasteiger partial charge in [0.05, 0.1) is 6.26 Å². The van der Waals surface area contributed by atoms with Gasteiger partial charge in [0, 0.05) is 24.4 Å². The third kappa shape index (κ3) is 3.07. The maximum absolute atomic E-state index is 5.61. The Labute approximate surface area is 125 Å². The largest absolute Gasteiger partial charge is 0.464 e. The van der Waals surface area contributed by atoms with E-state index < -0.39 is 0 Å². The van der Waals surface area contributed by atoms with Crippen LogP contribution in [0, 0.1) is 0 Å². The van der Waals surface area contributed by atoms with E-state index in [1.54, 1.807) is 12.5 Å². The molecule has 0 spiro atoms. The minimum absolute atomic E-state index is 0.512. The Hall–Kier alpha value is -2.29. The number of rotatable bonds is 5. The van der Waals surface area contributed by atoms with Crippen molar-refractivity contribution in [2.75, 3.05) is 0 Å². The van der Waals surface area contributed by atoms with Gasteiger partial charge in [0.25, 0.3) is 0 Å². The van der Waals surface area contributed by atoms with E-state index >= 15 is 0 Å². The molecular formula is C18H20N2O. The van der Waals surface area contributed by atoms with Gasteiger partial charge in [-0.3, -0.25) is 0 Å². The number of imidazole rings is 1. The third-order valence-electron chi connectivity index (χ3n) is 3.77. The van der Waals surface area contributed by atoms with Gasteiger partial charge in [-0.25, -0.2) is 4.98 Å². The van der Waals surface area contributed by atoms with E-state index in [2.05, 4.69) is 42.0 Å². The van der Waals surface area contributed by atoms with E-state index in [0.717, 1.165) is 24.4 Å². The van der Waals surface area contributed by atoms with Crippen LogP contribution in [0.1, 0.15) is 36.7 Å². The Morgan fingerprint density at radius 2 is 2.10 bits per heavy atom. The minimum atomic E-state index is 0.512. The molecule has 0 fully saturated rings. The van der Waals surface area contributed by atoms with Crippen molar-refractivity contribution in [2.24, 2.45) is 0 Å². The summed E-state index contributed by atoms with van der Waals surface area (Å²) in [4.78, 5) is 7.45. The minimum Gasteiger partial charge on any atom is -0.464 e. The summed E-state index contributed by atoms with van der Waals surface area (Å²) in [6.45, 7) is 4.42. The molecule has 0 unspecified atom stereocenters. The second-order valence-electron chi connectivity index (χ2n) is 5.58. The molecule has 0 saturated heterocycles. The molecule has 0 radical (unpaired) electrons. The highest BCUT2D eigenvalue weighted by Gasteiger charge is 2.11. The molecule has 0 bridgehead atoms. The van der Waals surface area contributed by atoms with E-state index in [0.29, 0.717) is 5.92 Å². The Morgan fingerprint density at radius 1 is 1.19 bits per heavy atom. The molecule has 0 aliphatic heterocycles. The van der Waals surface area contributed by atoms with Crippen LogP contribution >= 0.6 is 0 Å². The van der Waals surface area contributed by atoms with Crippen molar-refractivity contribution >= 4 is 0 Å². The standard InChI is InChI=1S/C18H20N2O/c1-13(2)15-6-5-14(7-8-18-19-9-10-20-18)16(12-15)17-4-3-11-21-17/h3-6,9-13H,7-8H2,1-2H3,(H,19,20). The zero-order valence-corrected chi connectivity index (χ0v) is 12.5. The number of aromatic amines is 1. The SMILES string of the molecule is CC(C)c1ccc(CCc2ncc[nH]2)c(-c2ccco2)c1. The first-order valence-corrected chi connectivity index (χ1v) is 7.39. The number of hydrogen-bond acceptors (Lipinski definition) is 2. The third-order valence-corrected chi connectivity index (χ3v) is 3.77. The van der Waals surface area contributed by atoms with Gasteiger partial charge in [-0.15, -0.1) is 0 Å². The first-order valence-electron chi connectivity index (χ1n) is 7.39. The smallest absolute Gasteiger partial charge is 0.134 e. The first-order chi connectivity index (χ1) is 10.2. The molecular weight excluding hydrogens is 260 g/mol. The van der Waals surface area contributed by atoms with Gasteiger partial charge in [-0.1, -0.05) is 26.0 Å². The highest BCUT2D eigenvalue weighted by Crippen LogP contribution is 2.29. The lowest BCUT2D eigenvalue weighted by molar-refractivity contribution is 0.581. The van der Waals surface area contributed by atoms with Crippen LogP contribution in [0.2, 0.25) is 0 Å². The van der Waals surface area contributed by atoms with Crippen LogP contribution in [-0.4, -0.2) is 9.97 Å². The average molecular weight is 280 g/mol. The van der Waals surface area contributed by atoms with Crippen molar-refractivity contribution in [3.8, 4) is 11.3 Å². The summed E-state index contributed by atoms with van der Waals surface area (Å²) in [6, 6.07) is 10.6. The maximum atomic E-state index is 5.61. The van der Waals surface area contributed by atoms with Gasteiger partial charge in [0.2, 0.25) is 0 Å². The number of aryl methyl sites for hydroxylation is 2. The predicted octanol–water partition coefficient (Wildman–Crippen LogP) is 4.58. The molecule has 0 aliphatic carbocycles. The molecule has 3 aromatic rings. The van der Waals surface area contributed by atoms with E-state index in [-0.39, 0.29) is 0 Å². The number of hydrogen-bond donors (Lipinski definition) is 1. The topological polar surface area (TPSA) is 41.8 Å². The van der Waals surface area contributed by atoms with Gasteiger partial charge >= 0.3 is 0 Å². The van der Waals surface area contributed by atoms with E-state index in [4.69, 9.17) is 4.42 Å². The quantitative estimate of drug-likeness (QED) is 0.743. The van der Waals surface area contributed by atoms with Crippen LogP contribution in [0.3, 0.4) is 0 Å². The van der Waals surface area contributed by atoms with Crippen LogP contribution < -0.4 is 0 Å². The summed E-state index contributed by atoms with van der Waals surface area (Å²) in [6.07, 6.45) is 7.24. The molecule has 0 atom stereocenters. The molecule has 2 heterocycles. The fourth-order valence-electron chi connectivity index (χ4n) is 2.52. The molecule has 1 aromatic carbocycles. The lowest BCUT2D eigenvalue weighted by atomic mass is 9.94. The molecule has 21 heavy (non-hydrogen) atoms. The van der Waals surface area contributed by atoms with Gasteiger partial charge < -0.3 is 9.40 Å². The van der Waals surface area contributed by atoms with Crippen molar-refractivity contribution < 1.29 is 4.42 Å². The van der Waals surface area contributed by atoms with Crippen molar-refractivity contribution in [3.63, 3.8) is 0 Å². The Bertz CT molecular complexity index is 682. The summed E-state index contributed by atoms with van der Waals surface area (Å²) in [5.74, 6) is 2.47. The zero-order valence-electron chi connectivity index (χ0n) is 12.5. The Kier molecular flexibility index (Phi) is 3.91. The van der Waals surface area contributed by atoms with Gasteiger partial charge in [0.15, 0.2) is 0 Å². The summed E-state index contributed by atoms with van der Waals surface area (Å²) < 4.78 is 5.61. The van der Waals surface area contributed by atoms with Gasteiger partial charge in [0.1, 0.15) is 11.6 Å². The zero-order chi connectivity index (χ0) is 14.7. The van der Waals surface area contributed by atoms with Crippen molar-refractivity contribution in [2.45, 2.75) is 32.6 Å². The summed E-state index contributed by atoms with van der Waals surface area (Å²) >= 11 is 0. The monoisotopic (exact) mass is 280 g/mol. The molecule has 108 valence electrons. The Balaban J connectivity index is 1.91. The second-order valence-corrected chi connectivity index (χ2v) is 5.58. The number of aromatic nitrogens is 2. The van der Waals surface area contributed by atoms with Crippen LogP contribution in [0.15, 0.2) is 53.4 Å². The van der Waals surface area contributed by atoms with E-state index in [9.17, 15) is 0 Å². The fourth-order valence-corrected chi connectivity index (χ4v) is 2.52. The molecule has 1 N–H and O–H groups in total. The van der Waals surface area contributed by atoms with E-state index in [1.807, 2.05) is 18.3 Å². The van der Waals surface area contributed by atoms with Crippen molar-refractivity contribution in [1.29, 1.82) is 0 Å². The van der Waals surface area contributed by atoms with Crippen LogP contribution in [-0.2, 0) is 12.8 Å². The highest BCUT2D eigenvalue weighted by molar-refractivity contribution is 5.63. The molecule has 3 heteroatoms. The lowest BCUT2D eigenvalue weighted by Crippen LogP contribution is -1.98.